The van der Waals surface area contributed by atoms with Gasteiger partial charge in [-0.15, -0.1) is 0 Å². The van der Waals surface area contributed by atoms with Crippen LogP contribution in [-0.4, -0.2) is 26.2 Å². The van der Waals surface area contributed by atoms with E-state index in [0.29, 0.717) is 19.6 Å². The fourth-order valence-corrected chi connectivity index (χ4v) is 3.02. The van der Waals surface area contributed by atoms with Crippen molar-refractivity contribution < 1.29 is 9.53 Å². The van der Waals surface area contributed by atoms with Crippen LogP contribution in [0, 0.1) is 0 Å². The van der Waals surface area contributed by atoms with Gasteiger partial charge in [0.1, 0.15) is 5.75 Å². The molecule has 0 heterocycles. The van der Waals surface area contributed by atoms with Crippen molar-refractivity contribution in [2.24, 2.45) is 5.73 Å². The van der Waals surface area contributed by atoms with Gasteiger partial charge >= 0.3 is 6.03 Å². The van der Waals surface area contributed by atoms with Crippen LogP contribution in [0.25, 0.3) is 0 Å². The summed E-state index contributed by atoms with van der Waals surface area (Å²) in [5.41, 5.74) is 6.06. The molecule has 0 radical (unpaired) electrons. The second-order valence-electron chi connectivity index (χ2n) is 3.56. The van der Waals surface area contributed by atoms with Gasteiger partial charge in [-0.3, -0.25) is 0 Å². The van der Waals surface area contributed by atoms with Crippen LogP contribution >= 0.6 is 31.9 Å². The maximum atomic E-state index is 10.4. The van der Waals surface area contributed by atoms with Gasteiger partial charge in [-0.05, 0) is 49.6 Å². The maximum absolute atomic E-state index is 10.4. The molecule has 2 amide bonds. The molecule has 0 spiro atoms. The minimum Gasteiger partial charge on any atom is -0.494 e. The quantitative estimate of drug-likeness (QED) is 0.660. The Morgan fingerprint density at radius 2 is 1.94 bits per heavy atom. The number of hydrogen-bond donors (Lipinski definition) is 3. The summed E-state index contributed by atoms with van der Waals surface area (Å²) < 4.78 is 7.01. The predicted octanol–water partition coefficient (Wildman–Crippen LogP) is 1.98. The van der Waals surface area contributed by atoms with E-state index in [-0.39, 0.29) is 0 Å². The summed E-state index contributed by atoms with van der Waals surface area (Å²) in [6.07, 6.45) is 0. The Labute approximate surface area is 123 Å². The number of carbonyl (C=O) groups excluding carboxylic acids is 1. The number of halogens is 2. The van der Waals surface area contributed by atoms with E-state index in [1.165, 1.54) is 0 Å². The molecule has 5 nitrogen and oxygen atoms in total. The van der Waals surface area contributed by atoms with E-state index in [0.717, 1.165) is 20.3 Å². The summed E-state index contributed by atoms with van der Waals surface area (Å²) in [7, 11) is 1.62. The smallest absolute Gasteiger partial charge is 0.312 e. The van der Waals surface area contributed by atoms with Crippen molar-refractivity contribution in [3.05, 3.63) is 26.6 Å². The number of amides is 2. The van der Waals surface area contributed by atoms with E-state index in [2.05, 4.69) is 42.5 Å². The minimum atomic E-state index is -0.508. The summed E-state index contributed by atoms with van der Waals surface area (Å²) >= 11 is 6.89. The number of rotatable bonds is 6. The van der Waals surface area contributed by atoms with Crippen molar-refractivity contribution in [1.29, 1.82) is 0 Å². The monoisotopic (exact) mass is 379 g/mol. The summed E-state index contributed by atoms with van der Waals surface area (Å²) in [5, 5.41) is 5.71. The van der Waals surface area contributed by atoms with Crippen LogP contribution in [0.5, 0.6) is 5.75 Å². The number of ether oxygens (including phenoxy) is 1. The number of benzene rings is 1. The third-order valence-corrected chi connectivity index (χ3v) is 3.37. The van der Waals surface area contributed by atoms with Crippen LogP contribution in [0.1, 0.15) is 5.56 Å². The standard InChI is InChI=1S/C11H15Br2N3O2/c1-18-10-8(12)4-7(5-9(10)13)6-15-2-3-16-11(14)17/h4-5,15H,2-3,6H2,1H3,(H3,14,16,17). The zero-order chi connectivity index (χ0) is 13.5. The number of hydrogen-bond acceptors (Lipinski definition) is 3. The molecule has 0 saturated carbocycles. The average Bonchev–Trinajstić information content (AvgIpc) is 2.27. The molecule has 0 atom stereocenters. The normalized spacial score (nSPS) is 10.2. The van der Waals surface area contributed by atoms with Crippen molar-refractivity contribution in [2.75, 3.05) is 20.2 Å². The zero-order valence-electron chi connectivity index (χ0n) is 9.93. The number of primary amides is 1. The van der Waals surface area contributed by atoms with E-state index in [1.807, 2.05) is 12.1 Å². The van der Waals surface area contributed by atoms with Crippen LogP contribution in [0.3, 0.4) is 0 Å². The highest BCUT2D eigenvalue weighted by Gasteiger charge is 2.07. The Kier molecular flexibility index (Phi) is 6.45. The Morgan fingerprint density at radius 1 is 1.33 bits per heavy atom. The second-order valence-corrected chi connectivity index (χ2v) is 5.27. The first kappa shape index (κ1) is 15.3. The first-order valence-corrected chi connectivity index (χ1v) is 6.89. The first-order chi connectivity index (χ1) is 8.54. The van der Waals surface area contributed by atoms with Gasteiger partial charge in [0.05, 0.1) is 16.1 Å². The fraction of sp³-hybridized carbons (Fsp3) is 0.364. The maximum Gasteiger partial charge on any atom is 0.312 e. The zero-order valence-corrected chi connectivity index (χ0v) is 13.1. The van der Waals surface area contributed by atoms with E-state index >= 15 is 0 Å². The highest BCUT2D eigenvalue weighted by Crippen LogP contribution is 2.34. The summed E-state index contributed by atoms with van der Waals surface area (Å²) in [4.78, 5) is 10.4. The molecular formula is C11H15Br2N3O2. The molecule has 0 aliphatic carbocycles. The van der Waals surface area contributed by atoms with Gasteiger partial charge in [0.25, 0.3) is 0 Å². The summed E-state index contributed by atoms with van der Waals surface area (Å²) in [6, 6.07) is 3.46. The molecule has 1 rings (SSSR count). The average molecular weight is 381 g/mol. The number of nitrogens with two attached hydrogens (primary N) is 1. The first-order valence-electron chi connectivity index (χ1n) is 5.30. The van der Waals surface area contributed by atoms with Crippen molar-refractivity contribution >= 4 is 37.9 Å². The van der Waals surface area contributed by atoms with Gasteiger partial charge in [0.15, 0.2) is 0 Å². The molecule has 0 aliphatic heterocycles. The lowest BCUT2D eigenvalue weighted by Crippen LogP contribution is -2.35. The predicted molar refractivity (Wildman–Crippen MR) is 77.7 cm³/mol. The second kappa shape index (κ2) is 7.60. The molecule has 4 N–H and O–H groups in total. The third-order valence-electron chi connectivity index (χ3n) is 2.19. The van der Waals surface area contributed by atoms with E-state index in [9.17, 15) is 4.79 Å². The molecule has 0 saturated heterocycles. The fourth-order valence-electron chi connectivity index (χ4n) is 1.42. The van der Waals surface area contributed by atoms with Gasteiger partial charge in [-0.2, -0.15) is 0 Å². The van der Waals surface area contributed by atoms with Crippen molar-refractivity contribution in [3.63, 3.8) is 0 Å². The van der Waals surface area contributed by atoms with Crippen LogP contribution in [0.15, 0.2) is 21.1 Å². The highest BCUT2D eigenvalue weighted by molar-refractivity contribution is 9.11. The van der Waals surface area contributed by atoms with Crippen molar-refractivity contribution in [3.8, 4) is 5.75 Å². The molecule has 0 bridgehead atoms. The van der Waals surface area contributed by atoms with Gasteiger partial charge in [-0.25, -0.2) is 4.79 Å². The van der Waals surface area contributed by atoms with Crippen LogP contribution in [0.2, 0.25) is 0 Å². The Bertz CT molecular complexity index is 404. The van der Waals surface area contributed by atoms with Gasteiger partial charge in [0.2, 0.25) is 0 Å². The largest absolute Gasteiger partial charge is 0.494 e. The van der Waals surface area contributed by atoms with Crippen LogP contribution < -0.4 is 21.1 Å². The van der Waals surface area contributed by atoms with Gasteiger partial charge < -0.3 is 21.1 Å². The molecule has 1 aromatic carbocycles. The molecule has 100 valence electrons. The van der Waals surface area contributed by atoms with E-state index < -0.39 is 6.03 Å². The van der Waals surface area contributed by atoms with Crippen LogP contribution in [-0.2, 0) is 6.54 Å². The van der Waals surface area contributed by atoms with Gasteiger partial charge in [-0.1, -0.05) is 0 Å². The lowest BCUT2D eigenvalue weighted by Gasteiger charge is -2.10. The number of urea groups is 1. The number of carbonyl (C=O) groups is 1. The molecule has 0 aromatic heterocycles. The van der Waals surface area contributed by atoms with Crippen LogP contribution in [0.4, 0.5) is 4.79 Å². The van der Waals surface area contributed by atoms with E-state index in [1.54, 1.807) is 7.11 Å². The SMILES string of the molecule is COc1c(Br)cc(CNCCNC(N)=O)cc1Br. The highest BCUT2D eigenvalue weighted by atomic mass is 79.9. The number of nitrogens with one attached hydrogen (secondary N) is 2. The van der Waals surface area contributed by atoms with Gasteiger partial charge in [0, 0.05) is 19.6 Å². The lowest BCUT2D eigenvalue weighted by atomic mass is 10.2. The Morgan fingerprint density at radius 3 is 2.44 bits per heavy atom. The molecule has 1 aromatic rings. The topological polar surface area (TPSA) is 76.4 Å². The number of methoxy groups -OCH3 is 1. The molecule has 7 heteroatoms. The molecule has 0 unspecified atom stereocenters. The summed E-state index contributed by atoms with van der Waals surface area (Å²) in [5.74, 6) is 0.772. The third kappa shape index (κ3) is 4.83. The van der Waals surface area contributed by atoms with E-state index in [4.69, 9.17) is 10.5 Å². The Balaban J connectivity index is 2.46. The van der Waals surface area contributed by atoms with Crippen molar-refractivity contribution in [2.45, 2.75) is 6.54 Å². The molecule has 0 fully saturated rings. The lowest BCUT2D eigenvalue weighted by molar-refractivity contribution is 0.249. The summed E-state index contributed by atoms with van der Waals surface area (Å²) in [6.45, 7) is 1.86. The molecule has 0 aliphatic rings. The minimum absolute atomic E-state index is 0.508. The Hall–Kier alpha value is -0.790. The van der Waals surface area contributed by atoms with Crippen molar-refractivity contribution in [1.82, 2.24) is 10.6 Å². The molecular weight excluding hydrogens is 366 g/mol. The molecule has 18 heavy (non-hydrogen) atoms.